The van der Waals surface area contributed by atoms with Crippen LogP contribution >= 0.6 is 0 Å². The summed E-state index contributed by atoms with van der Waals surface area (Å²) in [5.74, 6) is -0.178. The molecule has 100 valence electrons. The van der Waals surface area contributed by atoms with E-state index in [0.717, 1.165) is 5.56 Å². The van der Waals surface area contributed by atoms with Crippen molar-refractivity contribution in [2.45, 2.75) is 6.92 Å². The van der Waals surface area contributed by atoms with Gasteiger partial charge >= 0.3 is 0 Å². The molecule has 2 aromatic carbocycles. The molecule has 2 aromatic rings. The quantitative estimate of drug-likeness (QED) is 0.366. The molecule has 2 rings (SSSR count). The number of carbonyl (C=O) groups is 1. The first-order valence-electron chi connectivity index (χ1n) is 6.10. The van der Waals surface area contributed by atoms with Gasteiger partial charge in [0.05, 0.1) is 10.5 Å². The highest BCUT2D eigenvalue weighted by Crippen LogP contribution is 2.19. The molecule has 0 heterocycles. The van der Waals surface area contributed by atoms with Crippen LogP contribution in [0.4, 0.5) is 5.69 Å². The number of nitro groups is 1. The average Bonchev–Trinajstić information content (AvgIpc) is 2.45. The Bertz CT molecular complexity index is 672. The van der Waals surface area contributed by atoms with E-state index in [2.05, 4.69) is 0 Å². The van der Waals surface area contributed by atoms with Crippen molar-refractivity contribution < 1.29 is 9.72 Å². The lowest BCUT2D eigenvalue weighted by Crippen LogP contribution is -1.95. The molecule has 0 spiro atoms. The summed E-state index contributed by atoms with van der Waals surface area (Å²) in [5.41, 5.74) is 2.04. The molecule has 0 unspecified atom stereocenters. The fourth-order valence-corrected chi connectivity index (χ4v) is 1.77. The van der Waals surface area contributed by atoms with Crippen LogP contribution in [0.5, 0.6) is 0 Å². The maximum absolute atomic E-state index is 12.0. The zero-order valence-electron chi connectivity index (χ0n) is 10.9. The minimum atomic E-state index is -0.462. The number of carbonyl (C=O) groups excluding carboxylic acids is 1. The standard InChI is InChI=1S/C16H13NO3/c1-12-6-8-14(9-7-12)16(18)11-10-13-4-2-3-5-15(13)17(19)20/h2-11H,1H3. The second-order valence-electron chi connectivity index (χ2n) is 4.38. The van der Waals surface area contributed by atoms with Crippen LogP contribution in [-0.4, -0.2) is 10.7 Å². The number of benzene rings is 2. The highest BCUT2D eigenvalue weighted by molar-refractivity contribution is 6.07. The number of allylic oxidation sites excluding steroid dienone is 1. The van der Waals surface area contributed by atoms with E-state index in [-0.39, 0.29) is 11.5 Å². The van der Waals surface area contributed by atoms with E-state index in [9.17, 15) is 14.9 Å². The van der Waals surface area contributed by atoms with Crippen LogP contribution in [0.1, 0.15) is 21.5 Å². The fourth-order valence-electron chi connectivity index (χ4n) is 1.77. The minimum absolute atomic E-state index is 0.0135. The first kappa shape index (κ1) is 13.7. The van der Waals surface area contributed by atoms with E-state index < -0.39 is 4.92 Å². The predicted molar refractivity (Wildman–Crippen MR) is 77.6 cm³/mol. The molecule has 0 radical (unpaired) electrons. The molecule has 0 bridgehead atoms. The summed E-state index contributed by atoms with van der Waals surface area (Å²) < 4.78 is 0. The summed E-state index contributed by atoms with van der Waals surface area (Å²) in [6.07, 6.45) is 2.83. The Labute approximate surface area is 116 Å². The van der Waals surface area contributed by atoms with Crippen molar-refractivity contribution in [2.75, 3.05) is 0 Å². The highest BCUT2D eigenvalue weighted by Gasteiger charge is 2.10. The topological polar surface area (TPSA) is 60.2 Å². The van der Waals surface area contributed by atoms with Gasteiger partial charge in [-0.25, -0.2) is 0 Å². The molecule has 0 aliphatic rings. The lowest BCUT2D eigenvalue weighted by Gasteiger charge is -1.98. The first-order chi connectivity index (χ1) is 9.58. The molecular formula is C16H13NO3. The van der Waals surface area contributed by atoms with E-state index in [1.165, 1.54) is 18.2 Å². The van der Waals surface area contributed by atoms with Gasteiger partial charge in [-0.05, 0) is 25.1 Å². The van der Waals surface area contributed by atoms with Crippen LogP contribution in [0.2, 0.25) is 0 Å². The third-order valence-corrected chi connectivity index (χ3v) is 2.88. The second kappa shape index (κ2) is 5.93. The van der Waals surface area contributed by atoms with Crippen LogP contribution in [0.3, 0.4) is 0 Å². The van der Waals surface area contributed by atoms with Gasteiger partial charge < -0.3 is 0 Å². The van der Waals surface area contributed by atoms with Gasteiger partial charge in [0.25, 0.3) is 5.69 Å². The van der Waals surface area contributed by atoms with Gasteiger partial charge in [-0.15, -0.1) is 0 Å². The Morgan fingerprint density at radius 3 is 2.40 bits per heavy atom. The Kier molecular flexibility index (Phi) is 4.05. The van der Waals surface area contributed by atoms with Crippen LogP contribution in [0, 0.1) is 17.0 Å². The summed E-state index contributed by atoms with van der Waals surface area (Å²) in [6.45, 7) is 1.94. The molecule has 20 heavy (non-hydrogen) atoms. The molecule has 0 fully saturated rings. The van der Waals surface area contributed by atoms with Gasteiger partial charge in [-0.1, -0.05) is 42.0 Å². The van der Waals surface area contributed by atoms with Crippen molar-refractivity contribution in [3.05, 3.63) is 81.4 Å². The summed E-state index contributed by atoms with van der Waals surface area (Å²) in [6, 6.07) is 13.5. The lowest BCUT2D eigenvalue weighted by molar-refractivity contribution is -0.385. The molecule has 0 saturated heterocycles. The second-order valence-corrected chi connectivity index (χ2v) is 4.38. The zero-order chi connectivity index (χ0) is 14.5. The maximum Gasteiger partial charge on any atom is 0.276 e. The number of para-hydroxylation sites is 1. The van der Waals surface area contributed by atoms with Crippen molar-refractivity contribution in [1.82, 2.24) is 0 Å². The van der Waals surface area contributed by atoms with Gasteiger partial charge in [0.1, 0.15) is 0 Å². The largest absolute Gasteiger partial charge is 0.289 e. The normalized spacial score (nSPS) is 10.7. The molecule has 4 nitrogen and oxygen atoms in total. The molecular weight excluding hydrogens is 254 g/mol. The van der Waals surface area contributed by atoms with Gasteiger partial charge in [-0.2, -0.15) is 0 Å². The smallest absolute Gasteiger partial charge is 0.276 e. The average molecular weight is 267 g/mol. The molecule has 0 aliphatic carbocycles. The van der Waals surface area contributed by atoms with E-state index in [0.29, 0.717) is 11.1 Å². The van der Waals surface area contributed by atoms with Crippen molar-refractivity contribution in [3.63, 3.8) is 0 Å². The highest BCUT2D eigenvalue weighted by atomic mass is 16.6. The number of aryl methyl sites for hydroxylation is 1. The SMILES string of the molecule is Cc1ccc(C(=O)C=Cc2ccccc2[N+](=O)[O-])cc1. The van der Waals surface area contributed by atoms with Gasteiger partial charge in [0, 0.05) is 11.6 Å². The number of rotatable bonds is 4. The summed E-state index contributed by atoms with van der Waals surface area (Å²) in [5, 5.41) is 10.9. The Morgan fingerprint density at radius 1 is 1.10 bits per heavy atom. The zero-order valence-corrected chi connectivity index (χ0v) is 10.9. The Balaban J connectivity index is 2.23. The van der Waals surface area contributed by atoms with E-state index in [1.54, 1.807) is 30.3 Å². The molecule has 0 atom stereocenters. The van der Waals surface area contributed by atoms with Gasteiger partial charge in [0.15, 0.2) is 5.78 Å². The van der Waals surface area contributed by atoms with Crippen LogP contribution in [0.25, 0.3) is 6.08 Å². The Hall–Kier alpha value is -2.75. The van der Waals surface area contributed by atoms with E-state index in [1.807, 2.05) is 19.1 Å². The molecule has 0 N–H and O–H groups in total. The lowest BCUT2D eigenvalue weighted by atomic mass is 10.1. The molecule has 0 aliphatic heterocycles. The third kappa shape index (κ3) is 3.17. The van der Waals surface area contributed by atoms with Crippen molar-refractivity contribution >= 4 is 17.5 Å². The van der Waals surface area contributed by atoms with Crippen LogP contribution < -0.4 is 0 Å². The summed E-state index contributed by atoms with van der Waals surface area (Å²) in [4.78, 5) is 22.4. The minimum Gasteiger partial charge on any atom is -0.289 e. The van der Waals surface area contributed by atoms with E-state index in [4.69, 9.17) is 0 Å². The molecule has 0 amide bonds. The van der Waals surface area contributed by atoms with Crippen molar-refractivity contribution in [3.8, 4) is 0 Å². The van der Waals surface area contributed by atoms with Gasteiger partial charge in [-0.3, -0.25) is 14.9 Å². The third-order valence-electron chi connectivity index (χ3n) is 2.88. The summed E-state index contributed by atoms with van der Waals surface area (Å²) >= 11 is 0. The van der Waals surface area contributed by atoms with E-state index >= 15 is 0 Å². The van der Waals surface area contributed by atoms with Gasteiger partial charge in [0.2, 0.25) is 0 Å². The molecule has 0 aromatic heterocycles. The predicted octanol–water partition coefficient (Wildman–Crippen LogP) is 3.80. The van der Waals surface area contributed by atoms with Crippen molar-refractivity contribution in [2.24, 2.45) is 0 Å². The Morgan fingerprint density at radius 2 is 1.75 bits per heavy atom. The number of ketones is 1. The number of nitro benzene ring substituents is 1. The fraction of sp³-hybridized carbons (Fsp3) is 0.0625. The maximum atomic E-state index is 12.0. The number of hydrogen-bond donors (Lipinski definition) is 0. The molecule has 0 saturated carbocycles. The first-order valence-corrected chi connectivity index (χ1v) is 6.10. The van der Waals surface area contributed by atoms with Crippen molar-refractivity contribution in [1.29, 1.82) is 0 Å². The number of nitrogens with zero attached hydrogens (tertiary/aromatic N) is 1. The number of hydrogen-bond acceptors (Lipinski definition) is 3. The summed E-state index contributed by atoms with van der Waals surface area (Å²) in [7, 11) is 0. The monoisotopic (exact) mass is 267 g/mol. The van der Waals surface area contributed by atoms with Crippen LogP contribution in [-0.2, 0) is 0 Å². The van der Waals surface area contributed by atoms with Crippen LogP contribution in [0.15, 0.2) is 54.6 Å². The molecule has 4 heteroatoms.